The van der Waals surface area contributed by atoms with Crippen molar-refractivity contribution < 1.29 is 4.42 Å². The number of hydrogen-bond acceptors (Lipinski definition) is 3. The van der Waals surface area contributed by atoms with E-state index in [4.69, 9.17) is 4.42 Å². The summed E-state index contributed by atoms with van der Waals surface area (Å²) in [6.45, 7) is 9.40. The highest BCUT2D eigenvalue weighted by molar-refractivity contribution is 5.20. The van der Waals surface area contributed by atoms with E-state index in [0.29, 0.717) is 0 Å². The average molecular weight is 278 g/mol. The minimum Gasteiger partial charge on any atom is -0.463 e. The Morgan fingerprint density at radius 3 is 2.90 bits per heavy atom. The van der Waals surface area contributed by atoms with Crippen LogP contribution < -0.4 is 5.32 Å². The van der Waals surface area contributed by atoms with Crippen LogP contribution in [0.3, 0.4) is 0 Å². The molecule has 2 atom stereocenters. The quantitative estimate of drug-likeness (QED) is 0.860. The summed E-state index contributed by atoms with van der Waals surface area (Å²) in [5.41, 5.74) is 1.27. The first-order valence-corrected chi connectivity index (χ1v) is 8.09. The molecule has 0 spiro atoms. The van der Waals surface area contributed by atoms with Crippen molar-refractivity contribution >= 4 is 0 Å². The number of aryl methyl sites for hydroxylation is 1. The van der Waals surface area contributed by atoms with Crippen LogP contribution in [0, 0.1) is 12.8 Å². The molecule has 1 N–H and O–H groups in total. The summed E-state index contributed by atoms with van der Waals surface area (Å²) in [5, 5.41) is 3.33. The van der Waals surface area contributed by atoms with Crippen molar-refractivity contribution in [3.63, 3.8) is 0 Å². The molecule has 1 aromatic heterocycles. The van der Waals surface area contributed by atoms with Crippen molar-refractivity contribution in [3.05, 3.63) is 23.2 Å². The van der Waals surface area contributed by atoms with Gasteiger partial charge in [0.1, 0.15) is 11.5 Å². The molecule has 1 aromatic rings. The van der Waals surface area contributed by atoms with E-state index >= 15 is 0 Å². The Bertz CT molecular complexity index is 413. The van der Waals surface area contributed by atoms with E-state index in [9.17, 15) is 0 Å². The van der Waals surface area contributed by atoms with Crippen LogP contribution in [0.1, 0.15) is 56.6 Å². The molecule has 3 nitrogen and oxygen atoms in total. The first-order valence-electron chi connectivity index (χ1n) is 8.09. The van der Waals surface area contributed by atoms with Crippen molar-refractivity contribution in [2.45, 2.75) is 65.6 Å². The van der Waals surface area contributed by atoms with Gasteiger partial charge in [-0.15, -0.1) is 0 Å². The lowest BCUT2D eigenvalue weighted by Gasteiger charge is -2.33. The molecule has 1 aliphatic rings. The highest BCUT2D eigenvalue weighted by Crippen LogP contribution is 2.28. The third-order valence-corrected chi connectivity index (χ3v) is 4.54. The van der Waals surface area contributed by atoms with E-state index < -0.39 is 0 Å². The maximum atomic E-state index is 6.00. The van der Waals surface area contributed by atoms with Crippen molar-refractivity contribution in [2.24, 2.45) is 5.92 Å². The normalized spacial score (nSPS) is 23.4. The lowest BCUT2D eigenvalue weighted by molar-refractivity contribution is 0.148. The van der Waals surface area contributed by atoms with Gasteiger partial charge in [0.15, 0.2) is 0 Å². The monoisotopic (exact) mass is 278 g/mol. The molecule has 1 saturated carbocycles. The average Bonchev–Trinajstić information content (AvgIpc) is 2.76. The molecule has 3 heteroatoms. The highest BCUT2D eigenvalue weighted by Gasteiger charge is 2.23. The third-order valence-electron chi connectivity index (χ3n) is 4.54. The molecule has 1 fully saturated rings. The molecule has 0 bridgehead atoms. The molecule has 114 valence electrons. The molecule has 0 aliphatic heterocycles. The Morgan fingerprint density at radius 2 is 2.20 bits per heavy atom. The van der Waals surface area contributed by atoms with Gasteiger partial charge in [-0.1, -0.05) is 26.7 Å². The Kier molecular flexibility index (Phi) is 5.67. The molecular formula is C17H30N2O. The van der Waals surface area contributed by atoms with Crippen LogP contribution in [0.5, 0.6) is 0 Å². The first kappa shape index (κ1) is 15.6. The van der Waals surface area contributed by atoms with Crippen molar-refractivity contribution in [1.29, 1.82) is 0 Å². The van der Waals surface area contributed by atoms with Crippen LogP contribution in [-0.2, 0) is 13.1 Å². The fourth-order valence-electron chi connectivity index (χ4n) is 3.26. The van der Waals surface area contributed by atoms with E-state index in [0.717, 1.165) is 43.1 Å². The fraction of sp³-hybridized carbons (Fsp3) is 0.765. The summed E-state index contributed by atoms with van der Waals surface area (Å²) in [6, 6.07) is 2.93. The van der Waals surface area contributed by atoms with E-state index in [-0.39, 0.29) is 0 Å². The molecule has 0 amide bonds. The second-order valence-corrected chi connectivity index (χ2v) is 6.44. The van der Waals surface area contributed by atoms with Gasteiger partial charge in [-0.25, -0.2) is 0 Å². The van der Waals surface area contributed by atoms with Crippen LogP contribution in [0.25, 0.3) is 0 Å². The number of rotatable bonds is 6. The summed E-state index contributed by atoms with van der Waals surface area (Å²) in [4.78, 5) is 2.48. The zero-order chi connectivity index (χ0) is 14.5. The largest absolute Gasteiger partial charge is 0.463 e. The number of nitrogens with one attached hydrogen (secondary N) is 1. The topological polar surface area (TPSA) is 28.4 Å². The Labute approximate surface area is 123 Å². The minimum atomic E-state index is 0.723. The highest BCUT2D eigenvalue weighted by atomic mass is 16.3. The van der Waals surface area contributed by atoms with Gasteiger partial charge >= 0.3 is 0 Å². The molecule has 0 aromatic carbocycles. The van der Waals surface area contributed by atoms with Crippen LogP contribution >= 0.6 is 0 Å². The molecule has 2 unspecified atom stereocenters. The third kappa shape index (κ3) is 4.10. The van der Waals surface area contributed by atoms with E-state index in [1.165, 1.54) is 31.2 Å². The summed E-state index contributed by atoms with van der Waals surface area (Å²) in [7, 11) is 2.24. The van der Waals surface area contributed by atoms with Crippen molar-refractivity contribution in [1.82, 2.24) is 10.2 Å². The summed E-state index contributed by atoms with van der Waals surface area (Å²) < 4.78 is 6.00. The van der Waals surface area contributed by atoms with Gasteiger partial charge in [0.25, 0.3) is 0 Å². The van der Waals surface area contributed by atoms with Gasteiger partial charge in [-0.2, -0.15) is 0 Å². The summed E-state index contributed by atoms with van der Waals surface area (Å²) in [5.74, 6) is 3.07. The van der Waals surface area contributed by atoms with Gasteiger partial charge in [0.05, 0.1) is 13.1 Å². The Morgan fingerprint density at radius 1 is 1.40 bits per heavy atom. The zero-order valence-corrected chi connectivity index (χ0v) is 13.5. The molecule has 0 saturated heterocycles. The smallest absolute Gasteiger partial charge is 0.120 e. The van der Waals surface area contributed by atoms with Crippen LogP contribution in [-0.4, -0.2) is 24.5 Å². The van der Waals surface area contributed by atoms with Gasteiger partial charge in [0.2, 0.25) is 0 Å². The summed E-state index contributed by atoms with van der Waals surface area (Å²) in [6.07, 6.45) is 5.45. The fourth-order valence-corrected chi connectivity index (χ4v) is 3.26. The predicted molar refractivity (Wildman–Crippen MR) is 83.7 cm³/mol. The SMILES string of the molecule is CCNCc1oc(CN(C)C2CCCC(C)C2)cc1C. The van der Waals surface area contributed by atoms with Crippen LogP contribution in [0.4, 0.5) is 0 Å². The number of furan rings is 1. The van der Waals surface area contributed by atoms with E-state index in [1.807, 2.05) is 0 Å². The first-order chi connectivity index (χ1) is 9.60. The van der Waals surface area contributed by atoms with Gasteiger partial charge in [-0.3, -0.25) is 4.90 Å². The molecule has 1 aliphatic carbocycles. The second kappa shape index (κ2) is 7.28. The van der Waals surface area contributed by atoms with Gasteiger partial charge in [-0.05, 0) is 50.9 Å². The predicted octanol–water partition coefficient (Wildman–Crippen LogP) is 3.71. The lowest BCUT2D eigenvalue weighted by atomic mass is 9.86. The molecule has 1 heterocycles. The molecule has 0 radical (unpaired) electrons. The standard InChI is InChI=1S/C17H30N2O/c1-5-18-11-17-14(3)10-16(20-17)12-19(4)15-8-6-7-13(2)9-15/h10,13,15,18H,5-9,11-12H2,1-4H3. The minimum absolute atomic E-state index is 0.723. The zero-order valence-electron chi connectivity index (χ0n) is 13.5. The number of nitrogens with zero attached hydrogens (tertiary/aromatic N) is 1. The molecule has 2 rings (SSSR count). The maximum Gasteiger partial charge on any atom is 0.120 e. The number of hydrogen-bond donors (Lipinski definition) is 1. The Balaban J connectivity index is 1.91. The van der Waals surface area contributed by atoms with E-state index in [2.05, 4.69) is 44.1 Å². The van der Waals surface area contributed by atoms with Crippen LogP contribution in [0.15, 0.2) is 10.5 Å². The van der Waals surface area contributed by atoms with Gasteiger partial charge in [0, 0.05) is 6.04 Å². The lowest BCUT2D eigenvalue weighted by Crippen LogP contribution is -2.34. The summed E-state index contributed by atoms with van der Waals surface area (Å²) >= 11 is 0. The maximum absolute atomic E-state index is 6.00. The van der Waals surface area contributed by atoms with E-state index in [1.54, 1.807) is 0 Å². The van der Waals surface area contributed by atoms with Crippen molar-refractivity contribution in [3.8, 4) is 0 Å². The molecule has 20 heavy (non-hydrogen) atoms. The second-order valence-electron chi connectivity index (χ2n) is 6.44. The molecular weight excluding hydrogens is 248 g/mol. The van der Waals surface area contributed by atoms with Gasteiger partial charge < -0.3 is 9.73 Å². The van der Waals surface area contributed by atoms with Crippen molar-refractivity contribution in [2.75, 3.05) is 13.6 Å². The Hall–Kier alpha value is -0.800. The van der Waals surface area contributed by atoms with Crippen LogP contribution in [0.2, 0.25) is 0 Å².